The van der Waals surface area contributed by atoms with Gasteiger partial charge in [-0.2, -0.15) is 0 Å². The Balaban J connectivity index is 0.000000198. The summed E-state index contributed by atoms with van der Waals surface area (Å²) in [7, 11) is -0.701. The predicted octanol–water partition coefficient (Wildman–Crippen LogP) is 9.29. The molecule has 4 aromatic carbocycles. The summed E-state index contributed by atoms with van der Waals surface area (Å²) < 4.78 is 0. The van der Waals surface area contributed by atoms with Crippen LogP contribution in [0.1, 0.15) is 34.7 Å². The van der Waals surface area contributed by atoms with Gasteiger partial charge in [-0.15, -0.1) is 0 Å². The minimum atomic E-state index is -0.701. The zero-order valence-corrected chi connectivity index (χ0v) is 24.2. The molecule has 5 rings (SSSR count). The van der Waals surface area contributed by atoms with Crippen LogP contribution in [-0.2, 0) is 21.7 Å². The van der Waals surface area contributed by atoms with Crippen LogP contribution in [0.5, 0.6) is 0 Å². The van der Waals surface area contributed by atoms with E-state index < -0.39 is 8.80 Å². The van der Waals surface area contributed by atoms with E-state index in [4.69, 9.17) is 0 Å². The van der Waals surface area contributed by atoms with Crippen LogP contribution >= 0.6 is 0 Å². The molecule has 0 fully saturated rings. The molecule has 1 aliphatic carbocycles. The van der Waals surface area contributed by atoms with Crippen LogP contribution in [-0.4, -0.2) is 8.80 Å². The second kappa shape index (κ2) is 13.9. The van der Waals surface area contributed by atoms with E-state index in [1.165, 1.54) is 27.8 Å². The zero-order valence-electron chi connectivity index (χ0n) is 21.4. The van der Waals surface area contributed by atoms with Crippen molar-refractivity contribution >= 4 is 27.0 Å². The fraction of sp³-hybridized carbons (Fsp3) is 0.118. The molecule has 0 saturated heterocycles. The number of allylic oxidation sites excluding steroid dienone is 3. The molecule has 176 valence electrons. The van der Waals surface area contributed by atoms with Crippen LogP contribution in [0.2, 0.25) is 13.1 Å². The van der Waals surface area contributed by atoms with E-state index in [2.05, 4.69) is 123 Å². The summed E-state index contributed by atoms with van der Waals surface area (Å²) in [6.07, 6.45) is 10.7. The molecule has 0 N–H and O–H groups in total. The maximum absolute atomic E-state index is 2.45. The smallest absolute Gasteiger partial charge is 0.0714 e. The standard InChI is InChI=1S/C18H20Si.C16H14.Ti/c1-13-12-17-15(14-8-5-4-6-9-14)10-7-11-16(17)18(13)19(2)3;1-3-9-15(10-4-1)13-7-8-14-16-11-5-2-6-12-16;/h4-12,18-19H,1-3H3;1-14H;/q;;+2. The Morgan fingerprint density at radius 3 is 1.61 bits per heavy atom. The number of fused-ring (bicyclic) bond motifs is 1. The zero-order chi connectivity index (χ0) is 24.5. The van der Waals surface area contributed by atoms with Gasteiger partial charge in [0.05, 0.1) is 0 Å². The predicted molar refractivity (Wildman–Crippen MR) is 158 cm³/mol. The van der Waals surface area contributed by atoms with Crippen LogP contribution in [0.15, 0.2) is 127 Å². The van der Waals surface area contributed by atoms with E-state index in [0.717, 1.165) is 5.54 Å². The van der Waals surface area contributed by atoms with Gasteiger partial charge in [0.2, 0.25) is 0 Å². The minimum Gasteiger partial charge on any atom is -0.0714 e. The third-order valence-corrected chi connectivity index (χ3v) is 8.59. The van der Waals surface area contributed by atoms with Crippen LogP contribution in [0.4, 0.5) is 0 Å². The maximum atomic E-state index is 2.45. The number of hydrogen-bond donors (Lipinski definition) is 0. The summed E-state index contributed by atoms with van der Waals surface area (Å²) in [5, 5.41) is 0. The topological polar surface area (TPSA) is 0 Å². The van der Waals surface area contributed by atoms with Gasteiger partial charge in [0.25, 0.3) is 0 Å². The maximum Gasteiger partial charge on any atom is 2.00 e. The van der Waals surface area contributed by atoms with Crippen molar-refractivity contribution in [3.05, 3.63) is 149 Å². The van der Waals surface area contributed by atoms with Gasteiger partial charge < -0.3 is 0 Å². The van der Waals surface area contributed by atoms with E-state index in [-0.39, 0.29) is 21.7 Å². The summed E-state index contributed by atoms with van der Waals surface area (Å²) in [5.41, 5.74) is 10.4. The SMILES string of the molecule is C(C=Cc1ccccc1)=Cc1ccccc1.CC1=Cc2c(-c3ccccc3)cccc2C1[SiH](C)C.[Ti+2]. The summed E-state index contributed by atoms with van der Waals surface area (Å²) in [4.78, 5) is 0. The molecule has 0 spiro atoms. The van der Waals surface area contributed by atoms with Gasteiger partial charge in [-0.05, 0) is 45.8 Å². The van der Waals surface area contributed by atoms with Crippen LogP contribution in [0.3, 0.4) is 0 Å². The van der Waals surface area contributed by atoms with Crippen LogP contribution in [0, 0.1) is 0 Å². The Hall–Kier alpha value is -2.97. The number of rotatable bonds is 5. The Morgan fingerprint density at radius 1 is 0.611 bits per heavy atom. The van der Waals surface area contributed by atoms with Crippen LogP contribution in [0.25, 0.3) is 29.4 Å². The molecular weight excluding hydrogens is 484 g/mol. The van der Waals surface area contributed by atoms with Crippen molar-refractivity contribution < 1.29 is 21.7 Å². The van der Waals surface area contributed by atoms with Gasteiger partial charge in [-0.25, -0.2) is 0 Å². The first-order valence-electron chi connectivity index (χ1n) is 12.4. The van der Waals surface area contributed by atoms with Crippen molar-refractivity contribution in [3.63, 3.8) is 0 Å². The molecule has 0 saturated carbocycles. The third-order valence-electron chi connectivity index (χ3n) is 6.38. The molecule has 2 heteroatoms. The van der Waals surface area contributed by atoms with Gasteiger partial charge in [0.1, 0.15) is 0 Å². The summed E-state index contributed by atoms with van der Waals surface area (Å²) in [6.45, 7) is 7.20. The fourth-order valence-electron chi connectivity index (χ4n) is 4.79. The minimum absolute atomic E-state index is 0. The van der Waals surface area contributed by atoms with Gasteiger partial charge in [-0.1, -0.05) is 158 Å². The van der Waals surface area contributed by atoms with Gasteiger partial charge in [0.15, 0.2) is 0 Å². The molecule has 0 heterocycles. The second-order valence-electron chi connectivity index (χ2n) is 9.32. The first kappa shape index (κ1) is 27.6. The molecule has 0 aliphatic heterocycles. The summed E-state index contributed by atoms with van der Waals surface area (Å²) in [5.74, 6) is 0. The van der Waals surface area contributed by atoms with E-state index in [1.807, 2.05) is 36.4 Å². The van der Waals surface area contributed by atoms with Gasteiger partial charge in [0, 0.05) is 8.80 Å². The van der Waals surface area contributed by atoms with Crippen molar-refractivity contribution in [3.8, 4) is 11.1 Å². The molecule has 1 atom stereocenters. The Morgan fingerprint density at radius 2 is 1.11 bits per heavy atom. The molecule has 0 aromatic heterocycles. The summed E-state index contributed by atoms with van der Waals surface area (Å²) in [6, 6.07) is 38.1. The summed E-state index contributed by atoms with van der Waals surface area (Å²) >= 11 is 0. The molecule has 4 aromatic rings. The Kier molecular flexibility index (Phi) is 10.7. The average Bonchev–Trinajstić information content (AvgIpc) is 3.25. The first-order chi connectivity index (χ1) is 17.1. The van der Waals surface area contributed by atoms with Crippen molar-refractivity contribution in [2.45, 2.75) is 25.6 Å². The number of hydrogen-bond acceptors (Lipinski definition) is 0. The molecule has 0 radical (unpaired) electrons. The Bertz CT molecular complexity index is 1260. The normalized spacial score (nSPS) is 14.2. The van der Waals surface area contributed by atoms with E-state index in [9.17, 15) is 0 Å². The average molecular weight is 519 g/mol. The van der Waals surface area contributed by atoms with Crippen molar-refractivity contribution in [2.24, 2.45) is 0 Å². The molecule has 0 amide bonds. The largest absolute Gasteiger partial charge is 2.00 e. The quantitative estimate of drug-likeness (QED) is 0.182. The molecule has 0 bridgehead atoms. The van der Waals surface area contributed by atoms with Crippen molar-refractivity contribution in [1.82, 2.24) is 0 Å². The van der Waals surface area contributed by atoms with Gasteiger partial charge in [-0.3, -0.25) is 0 Å². The molecule has 1 aliphatic rings. The molecular formula is C34H34SiTi+2. The van der Waals surface area contributed by atoms with Crippen molar-refractivity contribution in [1.29, 1.82) is 0 Å². The molecule has 0 nitrogen and oxygen atoms in total. The van der Waals surface area contributed by atoms with Crippen molar-refractivity contribution in [2.75, 3.05) is 0 Å². The number of benzene rings is 4. The molecule has 36 heavy (non-hydrogen) atoms. The first-order valence-corrected chi connectivity index (χ1v) is 15.4. The van der Waals surface area contributed by atoms with E-state index in [0.29, 0.717) is 0 Å². The van der Waals surface area contributed by atoms with Crippen LogP contribution < -0.4 is 0 Å². The van der Waals surface area contributed by atoms with E-state index >= 15 is 0 Å². The fourth-order valence-corrected chi connectivity index (χ4v) is 6.95. The Labute approximate surface area is 233 Å². The third kappa shape index (κ3) is 7.27. The van der Waals surface area contributed by atoms with E-state index in [1.54, 1.807) is 11.1 Å². The molecule has 1 unspecified atom stereocenters. The second-order valence-corrected chi connectivity index (χ2v) is 12.5. The van der Waals surface area contributed by atoms with Gasteiger partial charge >= 0.3 is 21.7 Å². The monoisotopic (exact) mass is 518 g/mol.